The Morgan fingerprint density at radius 2 is 1.81 bits per heavy atom. The molecule has 0 bridgehead atoms. The molecule has 0 spiro atoms. The summed E-state index contributed by atoms with van der Waals surface area (Å²) in [7, 11) is 0. The van der Waals surface area contributed by atoms with Crippen molar-refractivity contribution in [2.45, 2.75) is 33.4 Å². The molecule has 0 fully saturated rings. The molecule has 2 amide bonds. The number of amides is 2. The number of aromatic nitrogens is 2. The number of benzene rings is 2. The molecule has 4 aromatic rings. The summed E-state index contributed by atoms with van der Waals surface area (Å²) in [5.74, 6) is 0.673. The van der Waals surface area contributed by atoms with Gasteiger partial charge >= 0.3 is 0 Å². The second-order valence-corrected chi connectivity index (χ2v) is 8.45. The van der Waals surface area contributed by atoms with Crippen molar-refractivity contribution in [2.24, 2.45) is 0 Å². The standard InChI is InChI=1S/C27H29N5O4/c1-3-14-32(18-25-30-31-27(36-25)23-9-6-15-35-23)17-24(33)29-22-8-5-4-7-21(22)26(34)28-16-20-12-10-19(2)11-13-20/h4-13,15H,3,14,16-18H2,1-2H3,(H,28,34)(H,29,33). The molecule has 0 saturated heterocycles. The van der Waals surface area contributed by atoms with E-state index in [0.29, 0.717) is 48.4 Å². The predicted octanol–water partition coefficient (Wildman–Crippen LogP) is 4.42. The molecule has 2 heterocycles. The molecule has 186 valence electrons. The van der Waals surface area contributed by atoms with Gasteiger partial charge in [-0.2, -0.15) is 0 Å². The van der Waals surface area contributed by atoms with E-state index in [2.05, 4.69) is 20.8 Å². The maximum Gasteiger partial charge on any atom is 0.283 e. The first kappa shape index (κ1) is 24.9. The maximum atomic E-state index is 12.9. The number of hydrogen-bond acceptors (Lipinski definition) is 7. The second kappa shape index (κ2) is 11.9. The van der Waals surface area contributed by atoms with Gasteiger partial charge in [0.15, 0.2) is 5.76 Å². The lowest BCUT2D eigenvalue weighted by atomic mass is 10.1. The topological polar surface area (TPSA) is 114 Å². The molecule has 4 rings (SSSR count). The highest BCUT2D eigenvalue weighted by Crippen LogP contribution is 2.19. The first-order chi connectivity index (χ1) is 17.5. The largest absolute Gasteiger partial charge is 0.459 e. The summed E-state index contributed by atoms with van der Waals surface area (Å²) >= 11 is 0. The fourth-order valence-corrected chi connectivity index (χ4v) is 3.71. The Morgan fingerprint density at radius 1 is 1.00 bits per heavy atom. The highest BCUT2D eigenvalue weighted by molar-refractivity contribution is 6.04. The van der Waals surface area contributed by atoms with E-state index in [9.17, 15) is 9.59 Å². The molecule has 2 N–H and O–H groups in total. The SMILES string of the molecule is CCCN(CC(=O)Nc1ccccc1C(=O)NCc1ccc(C)cc1)Cc1nnc(-c2ccco2)o1. The molecule has 0 radical (unpaired) electrons. The van der Waals surface area contributed by atoms with Crippen LogP contribution in [-0.4, -0.2) is 40.0 Å². The number of aryl methyl sites for hydroxylation is 1. The molecular weight excluding hydrogens is 458 g/mol. The van der Waals surface area contributed by atoms with Crippen LogP contribution in [0.15, 0.2) is 75.8 Å². The van der Waals surface area contributed by atoms with Crippen molar-refractivity contribution in [1.82, 2.24) is 20.4 Å². The van der Waals surface area contributed by atoms with Crippen LogP contribution < -0.4 is 10.6 Å². The van der Waals surface area contributed by atoms with E-state index in [1.807, 2.05) is 43.0 Å². The van der Waals surface area contributed by atoms with Crippen molar-refractivity contribution in [2.75, 3.05) is 18.4 Å². The van der Waals surface area contributed by atoms with Gasteiger partial charge in [0.05, 0.1) is 30.6 Å². The average molecular weight is 488 g/mol. The minimum Gasteiger partial charge on any atom is -0.459 e. The van der Waals surface area contributed by atoms with Gasteiger partial charge in [-0.05, 0) is 49.7 Å². The molecule has 0 unspecified atom stereocenters. The molecule has 0 saturated carbocycles. The zero-order valence-electron chi connectivity index (χ0n) is 20.4. The van der Waals surface area contributed by atoms with Crippen molar-refractivity contribution in [3.63, 3.8) is 0 Å². The maximum absolute atomic E-state index is 12.9. The van der Waals surface area contributed by atoms with Crippen molar-refractivity contribution in [1.29, 1.82) is 0 Å². The van der Waals surface area contributed by atoms with Crippen LogP contribution in [0.2, 0.25) is 0 Å². The van der Waals surface area contributed by atoms with Crippen molar-refractivity contribution < 1.29 is 18.4 Å². The van der Waals surface area contributed by atoms with Gasteiger partial charge in [0.25, 0.3) is 11.8 Å². The van der Waals surface area contributed by atoms with Gasteiger partial charge in [-0.3, -0.25) is 14.5 Å². The van der Waals surface area contributed by atoms with Crippen LogP contribution in [0.1, 0.15) is 40.7 Å². The number of hydrogen-bond donors (Lipinski definition) is 2. The van der Waals surface area contributed by atoms with E-state index >= 15 is 0 Å². The Hall–Kier alpha value is -4.24. The number of furan rings is 1. The summed E-state index contributed by atoms with van der Waals surface area (Å²) in [5, 5.41) is 13.9. The highest BCUT2D eigenvalue weighted by atomic mass is 16.4. The van der Waals surface area contributed by atoms with Crippen molar-refractivity contribution >= 4 is 17.5 Å². The lowest BCUT2D eigenvalue weighted by molar-refractivity contribution is -0.117. The number of rotatable bonds is 11. The number of nitrogens with one attached hydrogen (secondary N) is 2. The minimum absolute atomic E-state index is 0.103. The molecule has 9 nitrogen and oxygen atoms in total. The summed E-state index contributed by atoms with van der Waals surface area (Å²) in [4.78, 5) is 27.7. The number of anilines is 1. The zero-order chi connectivity index (χ0) is 25.3. The summed E-state index contributed by atoms with van der Waals surface area (Å²) in [6, 6.07) is 18.4. The fourth-order valence-electron chi connectivity index (χ4n) is 3.71. The third-order valence-corrected chi connectivity index (χ3v) is 5.48. The van der Waals surface area contributed by atoms with Crippen LogP contribution in [-0.2, 0) is 17.9 Å². The summed E-state index contributed by atoms with van der Waals surface area (Å²) < 4.78 is 11.0. The molecule has 0 atom stereocenters. The second-order valence-electron chi connectivity index (χ2n) is 8.45. The van der Waals surface area contributed by atoms with Gasteiger partial charge in [0.1, 0.15) is 0 Å². The van der Waals surface area contributed by atoms with Crippen LogP contribution in [0.25, 0.3) is 11.7 Å². The third-order valence-electron chi connectivity index (χ3n) is 5.48. The van der Waals surface area contributed by atoms with Crippen LogP contribution in [0.3, 0.4) is 0 Å². The Morgan fingerprint density at radius 3 is 2.56 bits per heavy atom. The Kier molecular flexibility index (Phi) is 8.25. The lowest BCUT2D eigenvalue weighted by Crippen LogP contribution is -2.34. The molecule has 0 aliphatic heterocycles. The van der Waals surface area contributed by atoms with E-state index in [1.54, 1.807) is 36.4 Å². The van der Waals surface area contributed by atoms with Crippen LogP contribution >= 0.6 is 0 Å². The first-order valence-electron chi connectivity index (χ1n) is 11.8. The fraction of sp³-hybridized carbons (Fsp3) is 0.259. The monoisotopic (exact) mass is 487 g/mol. The Balaban J connectivity index is 1.36. The van der Waals surface area contributed by atoms with Gasteiger partial charge in [-0.15, -0.1) is 10.2 Å². The lowest BCUT2D eigenvalue weighted by Gasteiger charge is -2.19. The van der Waals surface area contributed by atoms with E-state index in [-0.39, 0.29) is 18.4 Å². The smallest absolute Gasteiger partial charge is 0.283 e. The van der Waals surface area contributed by atoms with E-state index in [4.69, 9.17) is 8.83 Å². The highest BCUT2D eigenvalue weighted by Gasteiger charge is 2.18. The normalized spacial score (nSPS) is 11.0. The van der Waals surface area contributed by atoms with E-state index in [0.717, 1.165) is 17.5 Å². The number of carbonyl (C=O) groups is 2. The van der Waals surface area contributed by atoms with E-state index in [1.165, 1.54) is 6.26 Å². The van der Waals surface area contributed by atoms with Crippen LogP contribution in [0.4, 0.5) is 5.69 Å². The van der Waals surface area contributed by atoms with Crippen molar-refractivity contribution in [3.8, 4) is 11.7 Å². The van der Waals surface area contributed by atoms with Crippen molar-refractivity contribution in [3.05, 3.63) is 89.5 Å². The molecule has 0 aliphatic carbocycles. The molecule has 36 heavy (non-hydrogen) atoms. The first-order valence-corrected chi connectivity index (χ1v) is 11.8. The summed E-state index contributed by atoms with van der Waals surface area (Å²) in [6.07, 6.45) is 2.37. The molecule has 2 aromatic carbocycles. The predicted molar refractivity (Wildman–Crippen MR) is 135 cm³/mol. The summed E-state index contributed by atoms with van der Waals surface area (Å²) in [5.41, 5.74) is 3.02. The number of nitrogens with zero attached hydrogens (tertiary/aromatic N) is 3. The zero-order valence-corrected chi connectivity index (χ0v) is 20.4. The Labute approximate surface area is 209 Å². The molecule has 9 heteroatoms. The minimum atomic E-state index is -0.256. The summed E-state index contributed by atoms with van der Waals surface area (Å²) in [6.45, 7) is 5.52. The molecule has 2 aromatic heterocycles. The van der Waals surface area contributed by atoms with Gasteiger partial charge in [0.2, 0.25) is 11.8 Å². The number of para-hydroxylation sites is 1. The quantitative estimate of drug-likeness (QED) is 0.322. The van der Waals surface area contributed by atoms with Crippen LogP contribution in [0.5, 0.6) is 0 Å². The van der Waals surface area contributed by atoms with E-state index < -0.39 is 0 Å². The molecular formula is C27H29N5O4. The third kappa shape index (κ3) is 6.67. The average Bonchev–Trinajstić information content (AvgIpc) is 3.56. The van der Waals surface area contributed by atoms with Gasteiger partial charge < -0.3 is 19.5 Å². The van der Waals surface area contributed by atoms with Gasteiger partial charge in [-0.25, -0.2) is 0 Å². The van der Waals surface area contributed by atoms with Crippen LogP contribution in [0, 0.1) is 6.92 Å². The number of carbonyl (C=O) groups excluding carboxylic acids is 2. The molecule has 0 aliphatic rings. The van der Waals surface area contributed by atoms with Gasteiger partial charge in [-0.1, -0.05) is 48.9 Å². The van der Waals surface area contributed by atoms with Gasteiger partial charge in [0, 0.05) is 6.54 Å². The Bertz CT molecular complexity index is 1280.